The molecule has 1 aromatic carbocycles. The second-order valence-corrected chi connectivity index (χ2v) is 7.64. The Kier molecular flexibility index (Phi) is 6.02. The van der Waals surface area contributed by atoms with Crippen molar-refractivity contribution in [2.45, 2.75) is 18.5 Å². The molecule has 0 saturated carbocycles. The summed E-state index contributed by atoms with van der Waals surface area (Å²) in [5.74, 6) is -2.40. The maximum atomic E-state index is 13.6. The van der Waals surface area contributed by atoms with Gasteiger partial charge in [0, 0.05) is 19.3 Å². The fraction of sp³-hybridized carbons (Fsp3) is 0.300. The molecule has 35 heavy (non-hydrogen) atoms. The van der Waals surface area contributed by atoms with E-state index in [4.69, 9.17) is 4.74 Å². The number of aromatic nitrogens is 4. The van der Waals surface area contributed by atoms with Gasteiger partial charge in [0.05, 0.1) is 36.2 Å². The summed E-state index contributed by atoms with van der Waals surface area (Å²) >= 11 is 0. The number of carbonyl (C=O) groups is 1. The Hall–Kier alpha value is -3.91. The summed E-state index contributed by atoms with van der Waals surface area (Å²) in [6, 6.07) is 2.34. The number of amides is 1. The number of hydrogen-bond donors (Lipinski definition) is 1. The third kappa shape index (κ3) is 5.44. The van der Waals surface area contributed by atoms with Crippen LogP contribution in [0, 0.1) is 5.82 Å². The number of nitrogens with zero attached hydrogens (tertiary/aromatic N) is 5. The summed E-state index contributed by atoms with van der Waals surface area (Å²) in [5.41, 5.74) is -2.93. The summed E-state index contributed by atoms with van der Waals surface area (Å²) in [4.78, 5) is 14.0. The van der Waals surface area contributed by atoms with Crippen molar-refractivity contribution >= 4 is 17.3 Å². The van der Waals surface area contributed by atoms with Gasteiger partial charge in [0.2, 0.25) is 0 Å². The summed E-state index contributed by atoms with van der Waals surface area (Å²) in [5, 5.41) is 12.8. The normalized spacial score (nSPS) is 14.6. The van der Waals surface area contributed by atoms with Gasteiger partial charge in [-0.25, -0.2) is 4.39 Å². The molecule has 1 aliphatic rings. The Morgan fingerprint density at radius 1 is 1.06 bits per heavy atom. The summed E-state index contributed by atoms with van der Waals surface area (Å²) in [6.45, 7) is -0.206. The lowest BCUT2D eigenvalue weighted by molar-refractivity contribution is -0.141. The number of anilines is 2. The molecule has 0 aliphatic carbocycles. The van der Waals surface area contributed by atoms with Gasteiger partial charge in [-0.05, 0) is 18.2 Å². The van der Waals surface area contributed by atoms with E-state index < -0.39 is 47.1 Å². The highest BCUT2D eigenvalue weighted by atomic mass is 19.4. The van der Waals surface area contributed by atoms with Crippen molar-refractivity contribution in [3.63, 3.8) is 0 Å². The second-order valence-electron chi connectivity index (χ2n) is 7.64. The van der Waals surface area contributed by atoms with Gasteiger partial charge in [0.15, 0.2) is 11.4 Å². The number of nitrogens with one attached hydrogen (secondary N) is 1. The van der Waals surface area contributed by atoms with E-state index >= 15 is 0 Å². The molecular weight excluding hydrogens is 489 g/mol. The zero-order chi connectivity index (χ0) is 25.5. The summed E-state index contributed by atoms with van der Waals surface area (Å²) in [6.07, 6.45) is -7.64. The Morgan fingerprint density at radius 3 is 2.37 bits per heavy atom. The number of halogens is 7. The van der Waals surface area contributed by atoms with Crippen LogP contribution in [0.25, 0.3) is 0 Å². The van der Waals surface area contributed by atoms with Crippen molar-refractivity contribution in [1.82, 2.24) is 20.0 Å². The number of hydrogen-bond acceptors (Lipinski definition) is 6. The van der Waals surface area contributed by atoms with Gasteiger partial charge >= 0.3 is 12.4 Å². The van der Waals surface area contributed by atoms with Crippen LogP contribution >= 0.6 is 0 Å². The van der Waals surface area contributed by atoms with Crippen molar-refractivity contribution in [2.75, 3.05) is 23.3 Å². The van der Waals surface area contributed by atoms with Crippen molar-refractivity contribution in [2.24, 2.45) is 7.05 Å². The molecule has 1 N–H and O–H groups in total. The van der Waals surface area contributed by atoms with Crippen LogP contribution < -0.4 is 15.0 Å². The lowest BCUT2D eigenvalue weighted by Crippen LogP contribution is -2.54. The molecule has 0 spiro atoms. The van der Waals surface area contributed by atoms with Gasteiger partial charge in [-0.2, -0.15) is 31.4 Å². The third-order valence-electron chi connectivity index (χ3n) is 4.93. The average Bonchev–Trinajstić information content (AvgIpc) is 3.12. The van der Waals surface area contributed by atoms with E-state index in [-0.39, 0.29) is 30.2 Å². The lowest BCUT2D eigenvalue weighted by atomic mass is 10.1. The van der Waals surface area contributed by atoms with Crippen molar-refractivity contribution in [3.8, 4) is 5.75 Å². The zero-order valence-electron chi connectivity index (χ0n) is 17.7. The van der Waals surface area contributed by atoms with Gasteiger partial charge in [-0.15, -0.1) is 10.2 Å². The maximum absolute atomic E-state index is 13.6. The highest BCUT2D eigenvalue weighted by molar-refractivity contribution is 6.06. The van der Waals surface area contributed by atoms with Gasteiger partial charge < -0.3 is 15.0 Å². The van der Waals surface area contributed by atoms with E-state index in [1.165, 1.54) is 22.0 Å². The van der Waals surface area contributed by atoms with Crippen LogP contribution in [0.3, 0.4) is 0 Å². The first-order valence-corrected chi connectivity index (χ1v) is 9.84. The van der Waals surface area contributed by atoms with E-state index in [0.717, 1.165) is 6.07 Å². The first-order valence-electron chi connectivity index (χ1n) is 9.84. The van der Waals surface area contributed by atoms with Crippen LogP contribution in [-0.2, 0) is 19.4 Å². The van der Waals surface area contributed by atoms with E-state index in [1.807, 2.05) is 0 Å². The van der Waals surface area contributed by atoms with Crippen LogP contribution in [0.1, 0.15) is 21.7 Å². The monoisotopic (exact) mass is 504 g/mol. The van der Waals surface area contributed by atoms with Gasteiger partial charge in [-0.1, -0.05) is 0 Å². The fourth-order valence-electron chi connectivity index (χ4n) is 3.30. The minimum absolute atomic E-state index is 0.103. The number of ether oxygens (including phenoxy) is 1. The van der Waals surface area contributed by atoms with E-state index in [1.54, 1.807) is 7.05 Å². The number of rotatable bonds is 5. The highest BCUT2D eigenvalue weighted by Gasteiger charge is 2.38. The molecular formula is C20H15F7N6O2. The van der Waals surface area contributed by atoms with Crippen molar-refractivity contribution in [3.05, 3.63) is 59.4 Å². The Labute approximate surface area is 192 Å². The summed E-state index contributed by atoms with van der Waals surface area (Å²) in [7, 11) is 1.59. The molecule has 8 nitrogen and oxygen atoms in total. The lowest BCUT2D eigenvalue weighted by Gasteiger charge is -2.41. The van der Waals surface area contributed by atoms with Gasteiger partial charge in [-0.3, -0.25) is 9.48 Å². The second kappa shape index (κ2) is 8.70. The van der Waals surface area contributed by atoms with Gasteiger partial charge in [0.1, 0.15) is 17.7 Å². The first-order chi connectivity index (χ1) is 16.3. The molecule has 1 fully saturated rings. The molecule has 0 radical (unpaired) electrons. The van der Waals surface area contributed by atoms with Crippen molar-refractivity contribution < 1.29 is 40.3 Å². The largest absolute Gasteiger partial charge is 0.487 e. The molecule has 4 rings (SSSR count). The van der Waals surface area contributed by atoms with Crippen LogP contribution in [0.2, 0.25) is 0 Å². The molecule has 186 valence electrons. The summed E-state index contributed by atoms with van der Waals surface area (Å²) < 4.78 is 98.6. The molecule has 0 unspecified atom stereocenters. The van der Waals surface area contributed by atoms with Crippen LogP contribution in [0.5, 0.6) is 5.75 Å². The van der Waals surface area contributed by atoms with E-state index in [2.05, 4.69) is 20.6 Å². The predicted octanol–water partition coefficient (Wildman–Crippen LogP) is 3.91. The minimum atomic E-state index is -4.84. The van der Waals surface area contributed by atoms with Crippen LogP contribution in [0.4, 0.5) is 42.1 Å². The first kappa shape index (κ1) is 24.2. The van der Waals surface area contributed by atoms with Crippen LogP contribution in [-0.4, -0.2) is 45.1 Å². The van der Waals surface area contributed by atoms with Crippen LogP contribution in [0.15, 0.2) is 36.7 Å². The molecule has 3 aromatic rings. The molecule has 1 saturated heterocycles. The fourth-order valence-corrected chi connectivity index (χ4v) is 3.30. The molecule has 2 aromatic heterocycles. The topological polar surface area (TPSA) is 85.2 Å². The predicted molar refractivity (Wildman–Crippen MR) is 106 cm³/mol. The molecule has 0 atom stereocenters. The Balaban J connectivity index is 1.53. The number of carbonyl (C=O) groups excluding carboxylic acids is 1. The SMILES string of the molecule is Cn1cc(NC(=O)c2nnc(C(F)(F)F)cc2N2CC(Oc3cc(F)cc(C(F)(F)F)c3)C2)cn1. The molecule has 15 heteroatoms. The highest BCUT2D eigenvalue weighted by Crippen LogP contribution is 2.35. The number of aryl methyl sites for hydroxylation is 1. The molecule has 1 amide bonds. The molecule has 1 aliphatic heterocycles. The smallest absolute Gasteiger partial charge is 0.435 e. The molecule has 3 heterocycles. The average molecular weight is 504 g/mol. The Bertz CT molecular complexity index is 1250. The third-order valence-corrected chi connectivity index (χ3v) is 4.93. The number of benzene rings is 1. The minimum Gasteiger partial charge on any atom is -0.487 e. The Morgan fingerprint density at radius 2 is 1.77 bits per heavy atom. The quantitative estimate of drug-likeness (QED) is 0.531. The van der Waals surface area contributed by atoms with Gasteiger partial charge in [0.25, 0.3) is 5.91 Å². The number of alkyl halides is 6. The maximum Gasteiger partial charge on any atom is 0.435 e. The molecule has 0 bridgehead atoms. The van der Waals surface area contributed by atoms with E-state index in [0.29, 0.717) is 18.2 Å². The standard InChI is InChI=1S/C20H15F7N6O2/c1-32-7-12(6-28-32)29-18(34)17-15(5-16(30-31-17)20(25,26)27)33-8-14(9-33)35-13-3-10(19(22,23)24)2-11(21)4-13/h2-7,14H,8-9H2,1H3,(H,29,34). The zero-order valence-corrected chi connectivity index (χ0v) is 17.7. The van der Waals surface area contributed by atoms with E-state index in [9.17, 15) is 35.5 Å². The van der Waals surface area contributed by atoms with Crippen molar-refractivity contribution in [1.29, 1.82) is 0 Å².